The Morgan fingerprint density at radius 2 is 2.23 bits per heavy atom. The monoisotopic (exact) mass is 380 g/mol. The molecule has 0 saturated carbocycles. The molecule has 1 atom stereocenters. The summed E-state index contributed by atoms with van der Waals surface area (Å²) >= 11 is 6.28. The predicted molar refractivity (Wildman–Crippen MR) is 111 cm³/mol. The first-order valence-corrected chi connectivity index (χ1v) is 9.73. The topological polar surface area (TPSA) is 55.8 Å². The Labute approximate surface area is 163 Å². The maximum Gasteiger partial charge on any atom is 0.191 e. The second-order valence-corrected chi connectivity index (χ2v) is 8.39. The average molecular weight is 381 g/mol. The van der Waals surface area contributed by atoms with Crippen molar-refractivity contribution in [2.75, 3.05) is 51.7 Å². The fourth-order valence-electron chi connectivity index (χ4n) is 3.39. The van der Waals surface area contributed by atoms with E-state index in [1.165, 1.54) is 0 Å². The number of aliphatic imine (C=N–C) groups is 1. The minimum absolute atomic E-state index is 0.134. The van der Waals surface area contributed by atoms with E-state index in [-0.39, 0.29) is 5.41 Å². The lowest BCUT2D eigenvalue weighted by Gasteiger charge is -2.27. The van der Waals surface area contributed by atoms with Gasteiger partial charge in [0.1, 0.15) is 5.82 Å². The van der Waals surface area contributed by atoms with E-state index in [0.717, 1.165) is 50.9 Å². The minimum atomic E-state index is 0.134. The van der Waals surface area contributed by atoms with E-state index < -0.39 is 0 Å². The zero-order valence-corrected chi connectivity index (χ0v) is 17.5. The lowest BCUT2D eigenvalue weighted by Crippen LogP contribution is -2.45. The van der Waals surface area contributed by atoms with Crippen LogP contribution in [0.25, 0.3) is 0 Å². The molecule has 0 aromatic carbocycles. The summed E-state index contributed by atoms with van der Waals surface area (Å²) in [5, 5.41) is 7.65. The molecule has 146 valence electrons. The Balaban J connectivity index is 1.95. The van der Waals surface area contributed by atoms with Crippen molar-refractivity contribution in [3.8, 4) is 0 Å². The molecule has 1 saturated heterocycles. The van der Waals surface area contributed by atoms with Gasteiger partial charge in [-0.25, -0.2) is 4.98 Å². The van der Waals surface area contributed by atoms with Crippen LogP contribution in [0.4, 0.5) is 5.82 Å². The van der Waals surface area contributed by atoms with Gasteiger partial charge in [-0.3, -0.25) is 4.99 Å². The van der Waals surface area contributed by atoms with Crippen LogP contribution in [0.1, 0.15) is 27.2 Å². The lowest BCUT2D eigenvalue weighted by molar-refractivity contribution is 0.248. The largest absolute Gasteiger partial charge is 0.357 e. The average Bonchev–Trinajstić information content (AvgIpc) is 3.00. The van der Waals surface area contributed by atoms with E-state index in [1.54, 1.807) is 6.20 Å². The first-order chi connectivity index (χ1) is 12.3. The molecule has 1 aliphatic rings. The Kier molecular flexibility index (Phi) is 7.53. The van der Waals surface area contributed by atoms with Crippen LogP contribution in [-0.2, 0) is 0 Å². The van der Waals surface area contributed by atoms with Crippen molar-refractivity contribution in [3.05, 3.63) is 23.4 Å². The normalized spacial score (nSPS) is 18.5. The van der Waals surface area contributed by atoms with E-state index in [4.69, 9.17) is 16.6 Å². The van der Waals surface area contributed by atoms with E-state index >= 15 is 0 Å². The molecule has 7 heteroatoms. The number of anilines is 1. The number of guanidine groups is 1. The second-order valence-electron chi connectivity index (χ2n) is 7.98. The molecule has 2 N–H and O–H groups in total. The van der Waals surface area contributed by atoms with Crippen molar-refractivity contribution < 1.29 is 0 Å². The third kappa shape index (κ3) is 6.32. The Bertz CT molecular complexity index is 601. The third-order valence-electron chi connectivity index (χ3n) is 4.32. The zero-order chi connectivity index (χ0) is 19.2. The van der Waals surface area contributed by atoms with Crippen LogP contribution >= 0.6 is 11.6 Å². The first-order valence-electron chi connectivity index (χ1n) is 9.36. The molecule has 0 spiro atoms. The molecule has 1 unspecified atom stereocenters. The van der Waals surface area contributed by atoms with Crippen molar-refractivity contribution in [2.45, 2.75) is 33.2 Å². The van der Waals surface area contributed by atoms with Crippen LogP contribution in [0.3, 0.4) is 0 Å². The maximum absolute atomic E-state index is 6.28. The van der Waals surface area contributed by atoms with Crippen LogP contribution in [0.5, 0.6) is 0 Å². The molecule has 1 aromatic rings. The van der Waals surface area contributed by atoms with Crippen LogP contribution in [0.2, 0.25) is 5.02 Å². The van der Waals surface area contributed by atoms with E-state index in [0.29, 0.717) is 11.1 Å². The molecule has 0 bridgehead atoms. The number of hydrogen-bond donors (Lipinski definition) is 2. The number of aromatic nitrogens is 1. The summed E-state index contributed by atoms with van der Waals surface area (Å²) in [6.45, 7) is 11.1. The Morgan fingerprint density at radius 1 is 1.46 bits per heavy atom. The van der Waals surface area contributed by atoms with E-state index in [9.17, 15) is 0 Å². The van der Waals surface area contributed by atoms with Gasteiger partial charge in [0.25, 0.3) is 0 Å². The Morgan fingerprint density at radius 3 is 2.88 bits per heavy atom. The molecule has 1 aliphatic heterocycles. The highest BCUT2D eigenvalue weighted by Gasteiger charge is 2.26. The third-order valence-corrected chi connectivity index (χ3v) is 4.62. The predicted octanol–water partition coefficient (Wildman–Crippen LogP) is 2.46. The Hall–Kier alpha value is -1.53. The zero-order valence-electron chi connectivity index (χ0n) is 16.7. The van der Waals surface area contributed by atoms with E-state index in [2.05, 4.69) is 60.3 Å². The first kappa shape index (κ1) is 20.8. The van der Waals surface area contributed by atoms with Crippen LogP contribution in [-0.4, -0.2) is 68.7 Å². The molecule has 26 heavy (non-hydrogen) atoms. The highest BCUT2D eigenvalue weighted by molar-refractivity contribution is 6.32. The van der Waals surface area contributed by atoms with Gasteiger partial charge < -0.3 is 20.4 Å². The summed E-state index contributed by atoms with van der Waals surface area (Å²) in [6, 6.07) is 4.09. The number of pyridine rings is 1. The van der Waals surface area contributed by atoms with Crippen LogP contribution in [0, 0.1) is 5.41 Å². The molecule has 6 nitrogen and oxygen atoms in total. The maximum atomic E-state index is 6.28. The molecule has 0 amide bonds. The van der Waals surface area contributed by atoms with Crippen molar-refractivity contribution in [1.82, 2.24) is 20.5 Å². The number of nitrogens with zero attached hydrogens (tertiary/aromatic N) is 4. The number of rotatable bonds is 7. The van der Waals surface area contributed by atoms with Gasteiger partial charge in [0, 0.05) is 45.0 Å². The second kappa shape index (κ2) is 9.42. The number of halogens is 1. The van der Waals surface area contributed by atoms with Gasteiger partial charge in [0.05, 0.1) is 5.02 Å². The van der Waals surface area contributed by atoms with Gasteiger partial charge in [0.2, 0.25) is 0 Å². The quantitative estimate of drug-likeness (QED) is 0.562. The summed E-state index contributed by atoms with van der Waals surface area (Å²) in [7, 11) is 4.20. The van der Waals surface area contributed by atoms with Gasteiger partial charge in [-0.05, 0) is 45.0 Å². The molecule has 0 radical (unpaired) electrons. The summed E-state index contributed by atoms with van der Waals surface area (Å²) in [5.74, 6) is 1.76. The fourth-order valence-corrected chi connectivity index (χ4v) is 3.63. The van der Waals surface area contributed by atoms with Crippen molar-refractivity contribution in [1.29, 1.82) is 0 Å². The summed E-state index contributed by atoms with van der Waals surface area (Å²) in [6.07, 6.45) is 2.83. The summed E-state index contributed by atoms with van der Waals surface area (Å²) in [4.78, 5) is 13.7. The van der Waals surface area contributed by atoms with Gasteiger partial charge in [0.15, 0.2) is 5.96 Å². The highest BCUT2D eigenvalue weighted by atomic mass is 35.5. The summed E-state index contributed by atoms with van der Waals surface area (Å²) < 4.78 is 0. The standard InChI is InChI=1S/C19H33ClN6/c1-6-21-18(23-13-19(2,3)14-25(4)5)24-15-9-11-26(12-15)17-16(20)8-7-10-22-17/h7-8,10,15H,6,9,11-14H2,1-5H3,(H2,21,23,24). The van der Waals surface area contributed by atoms with Crippen LogP contribution < -0.4 is 15.5 Å². The van der Waals surface area contributed by atoms with Gasteiger partial charge in [-0.2, -0.15) is 0 Å². The molecular formula is C19H33ClN6. The molecule has 1 aromatic heterocycles. The van der Waals surface area contributed by atoms with Crippen molar-refractivity contribution in [2.24, 2.45) is 10.4 Å². The SMILES string of the molecule is CCNC(=NCC(C)(C)CN(C)C)NC1CCN(c2ncccc2Cl)C1. The van der Waals surface area contributed by atoms with E-state index in [1.807, 2.05) is 12.1 Å². The number of nitrogens with one attached hydrogen (secondary N) is 2. The minimum Gasteiger partial charge on any atom is -0.357 e. The smallest absolute Gasteiger partial charge is 0.191 e. The lowest BCUT2D eigenvalue weighted by atomic mass is 9.93. The van der Waals surface area contributed by atoms with Gasteiger partial charge in [-0.1, -0.05) is 25.4 Å². The van der Waals surface area contributed by atoms with Crippen molar-refractivity contribution in [3.63, 3.8) is 0 Å². The fraction of sp³-hybridized carbons (Fsp3) is 0.684. The molecule has 2 heterocycles. The van der Waals surface area contributed by atoms with Crippen LogP contribution in [0.15, 0.2) is 23.3 Å². The molecule has 2 rings (SSSR count). The van der Waals surface area contributed by atoms with Crippen molar-refractivity contribution >= 4 is 23.4 Å². The molecule has 0 aliphatic carbocycles. The highest BCUT2D eigenvalue weighted by Crippen LogP contribution is 2.25. The van der Waals surface area contributed by atoms with Gasteiger partial charge >= 0.3 is 0 Å². The number of hydrogen-bond acceptors (Lipinski definition) is 4. The molecule has 1 fully saturated rings. The molecular weight excluding hydrogens is 348 g/mol. The van der Waals surface area contributed by atoms with Gasteiger partial charge in [-0.15, -0.1) is 0 Å². The summed E-state index contributed by atoms with van der Waals surface area (Å²) in [5.41, 5.74) is 0.134.